The van der Waals surface area contributed by atoms with Gasteiger partial charge in [0, 0.05) is 39.0 Å². The van der Waals surface area contributed by atoms with E-state index in [0.717, 1.165) is 12.0 Å². The van der Waals surface area contributed by atoms with Crippen LogP contribution >= 0.6 is 0 Å². The molecule has 0 bridgehead atoms. The molecule has 0 saturated carbocycles. The number of hydrogen-bond acceptors (Lipinski definition) is 5. The van der Waals surface area contributed by atoms with E-state index in [9.17, 15) is 14.7 Å². The number of aliphatic hydroxyl groups is 1. The average molecular weight is 320 g/mol. The van der Waals surface area contributed by atoms with Crippen LogP contribution in [0.5, 0.6) is 0 Å². The van der Waals surface area contributed by atoms with Crippen LogP contribution in [0.2, 0.25) is 0 Å². The Hall–Kier alpha value is -2.02. The lowest BCUT2D eigenvalue weighted by molar-refractivity contribution is -0.122. The fourth-order valence-corrected chi connectivity index (χ4v) is 2.75. The number of aromatic nitrogens is 2. The fourth-order valence-electron chi connectivity index (χ4n) is 2.75. The Kier molecular flexibility index (Phi) is 5.65. The van der Waals surface area contributed by atoms with Gasteiger partial charge in [0.25, 0.3) is 5.91 Å². The summed E-state index contributed by atoms with van der Waals surface area (Å²) < 4.78 is 0. The van der Waals surface area contributed by atoms with Crippen LogP contribution in [-0.4, -0.2) is 57.5 Å². The number of carbonyl (C=O) groups is 2. The van der Waals surface area contributed by atoms with Gasteiger partial charge in [-0.25, -0.2) is 9.97 Å². The second kappa shape index (κ2) is 7.50. The summed E-state index contributed by atoms with van der Waals surface area (Å²) in [5, 5.41) is 13.2. The summed E-state index contributed by atoms with van der Waals surface area (Å²) >= 11 is 0. The molecule has 2 N–H and O–H groups in total. The zero-order valence-corrected chi connectivity index (χ0v) is 13.7. The van der Waals surface area contributed by atoms with E-state index in [2.05, 4.69) is 15.3 Å². The molecule has 2 amide bonds. The minimum atomic E-state index is -1.02. The fraction of sp³-hybridized carbons (Fsp3) is 0.625. The molecule has 1 atom stereocenters. The van der Waals surface area contributed by atoms with Gasteiger partial charge in [0.05, 0.1) is 5.60 Å². The second-order valence-electron chi connectivity index (χ2n) is 6.00. The Morgan fingerprint density at radius 1 is 1.39 bits per heavy atom. The molecule has 0 aromatic carbocycles. The van der Waals surface area contributed by atoms with Gasteiger partial charge in [-0.1, -0.05) is 6.92 Å². The van der Waals surface area contributed by atoms with Gasteiger partial charge in [-0.15, -0.1) is 0 Å². The molecule has 1 fully saturated rings. The first kappa shape index (κ1) is 17.3. The molecule has 0 radical (unpaired) electrons. The van der Waals surface area contributed by atoms with Crippen LogP contribution in [-0.2, 0) is 11.2 Å². The van der Waals surface area contributed by atoms with E-state index in [-0.39, 0.29) is 30.6 Å². The summed E-state index contributed by atoms with van der Waals surface area (Å²) in [6.07, 6.45) is 6.00. The van der Waals surface area contributed by atoms with Crippen molar-refractivity contribution >= 4 is 11.8 Å². The third-order valence-corrected chi connectivity index (χ3v) is 4.24. The maximum atomic E-state index is 12.5. The first-order chi connectivity index (χ1) is 11.0. The molecule has 1 aliphatic heterocycles. The van der Waals surface area contributed by atoms with Crippen molar-refractivity contribution in [3.8, 4) is 0 Å². The van der Waals surface area contributed by atoms with Gasteiger partial charge in [0.1, 0.15) is 0 Å². The largest absolute Gasteiger partial charge is 0.388 e. The Morgan fingerprint density at radius 2 is 2.09 bits per heavy atom. The van der Waals surface area contributed by atoms with E-state index in [1.165, 1.54) is 0 Å². The smallest absolute Gasteiger partial charge is 0.291 e. The molecule has 1 aromatic heterocycles. The molecule has 7 heteroatoms. The molecular formula is C16H24N4O3. The number of nitrogens with one attached hydrogen (secondary N) is 1. The Bertz CT molecular complexity index is 561. The van der Waals surface area contributed by atoms with Crippen molar-refractivity contribution in [3.63, 3.8) is 0 Å². The van der Waals surface area contributed by atoms with Crippen LogP contribution in [0.4, 0.5) is 0 Å². The van der Waals surface area contributed by atoms with Crippen molar-refractivity contribution < 1.29 is 14.7 Å². The van der Waals surface area contributed by atoms with Crippen molar-refractivity contribution in [2.24, 2.45) is 0 Å². The highest BCUT2D eigenvalue weighted by Gasteiger charge is 2.36. The van der Waals surface area contributed by atoms with E-state index in [0.29, 0.717) is 25.8 Å². The lowest BCUT2D eigenvalue weighted by Gasteiger charge is -2.38. The van der Waals surface area contributed by atoms with Crippen molar-refractivity contribution in [2.45, 2.75) is 44.6 Å². The topological polar surface area (TPSA) is 95.4 Å². The van der Waals surface area contributed by atoms with Gasteiger partial charge in [0.15, 0.2) is 0 Å². The molecule has 1 aliphatic rings. The first-order valence-electron chi connectivity index (χ1n) is 8.00. The minimum Gasteiger partial charge on any atom is -0.388 e. The SMILES string of the molecule is CCc1cnc(C(=O)N2CCC[C@@](O)(CCC(=O)NC)C2)nc1. The van der Waals surface area contributed by atoms with Crippen molar-refractivity contribution in [3.05, 3.63) is 23.8 Å². The maximum Gasteiger partial charge on any atom is 0.291 e. The molecule has 2 rings (SSSR count). The number of β-amino-alcohol motifs (C(OH)–C–C–N with tert-alkyl or cyclic N) is 1. The van der Waals surface area contributed by atoms with Gasteiger partial charge < -0.3 is 15.3 Å². The standard InChI is InChI=1S/C16H24N4O3/c1-3-12-9-18-14(19-10-12)15(22)20-8-4-6-16(23,11-20)7-5-13(21)17-2/h9-10,23H,3-8,11H2,1-2H3,(H,17,21)/t16-/m1/s1. The molecule has 23 heavy (non-hydrogen) atoms. The number of amides is 2. The van der Waals surface area contributed by atoms with Crippen LogP contribution in [0.15, 0.2) is 12.4 Å². The van der Waals surface area contributed by atoms with Crippen molar-refractivity contribution in [2.75, 3.05) is 20.1 Å². The highest BCUT2D eigenvalue weighted by atomic mass is 16.3. The lowest BCUT2D eigenvalue weighted by Crippen LogP contribution is -2.51. The Balaban J connectivity index is 2.01. The first-order valence-corrected chi connectivity index (χ1v) is 8.00. The number of likely N-dealkylation sites (tertiary alicyclic amines) is 1. The predicted octanol–water partition coefficient (Wildman–Crippen LogP) is 0.532. The molecule has 0 spiro atoms. The molecule has 126 valence electrons. The van der Waals surface area contributed by atoms with Gasteiger partial charge in [0.2, 0.25) is 11.7 Å². The summed E-state index contributed by atoms with van der Waals surface area (Å²) in [6, 6.07) is 0. The van der Waals surface area contributed by atoms with E-state index >= 15 is 0 Å². The number of carbonyl (C=O) groups excluding carboxylic acids is 2. The van der Waals surface area contributed by atoms with Crippen molar-refractivity contribution in [1.29, 1.82) is 0 Å². The molecule has 1 aromatic rings. The molecule has 0 aliphatic carbocycles. The van der Waals surface area contributed by atoms with Crippen LogP contribution in [0.1, 0.15) is 48.8 Å². The number of rotatable bonds is 5. The van der Waals surface area contributed by atoms with Gasteiger partial charge in [-0.3, -0.25) is 9.59 Å². The summed E-state index contributed by atoms with van der Waals surface area (Å²) in [6.45, 7) is 2.78. The van der Waals surface area contributed by atoms with Crippen LogP contribution < -0.4 is 5.32 Å². The summed E-state index contributed by atoms with van der Waals surface area (Å²) in [5.74, 6) is -0.233. The zero-order chi connectivity index (χ0) is 16.9. The van der Waals surface area contributed by atoms with Gasteiger partial charge in [-0.2, -0.15) is 0 Å². The summed E-state index contributed by atoms with van der Waals surface area (Å²) in [7, 11) is 1.57. The van der Waals surface area contributed by atoms with E-state index in [1.807, 2.05) is 6.92 Å². The number of hydrogen-bond donors (Lipinski definition) is 2. The highest BCUT2D eigenvalue weighted by Crippen LogP contribution is 2.26. The average Bonchev–Trinajstić information content (AvgIpc) is 2.59. The van der Waals surface area contributed by atoms with E-state index < -0.39 is 5.60 Å². The molecule has 0 unspecified atom stereocenters. The number of aryl methyl sites for hydroxylation is 1. The van der Waals surface area contributed by atoms with E-state index in [4.69, 9.17) is 0 Å². The Morgan fingerprint density at radius 3 is 2.70 bits per heavy atom. The molecule has 2 heterocycles. The quantitative estimate of drug-likeness (QED) is 0.825. The second-order valence-corrected chi connectivity index (χ2v) is 6.00. The van der Waals surface area contributed by atoms with Crippen molar-refractivity contribution in [1.82, 2.24) is 20.2 Å². The third kappa shape index (κ3) is 4.48. The third-order valence-electron chi connectivity index (χ3n) is 4.24. The maximum absolute atomic E-state index is 12.5. The Labute approximate surface area is 136 Å². The molecule has 7 nitrogen and oxygen atoms in total. The molecular weight excluding hydrogens is 296 g/mol. The van der Waals surface area contributed by atoms with Gasteiger partial charge >= 0.3 is 0 Å². The molecule has 1 saturated heterocycles. The predicted molar refractivity (Wildman–Crippen MR) is 84.8 cm³/mol. The number of piperidine rings is 1. The van der Waals surface area contributed by atoms with Crippen LogP contribution in [0.3, 0.4) is 0 Å². The number of nitrogens with zero attached hydrogens (tertiary/aromatic N) is 3. The summed E-state index contributed by atoms with van der Waals surface area (Å²) in [4.78, 5) is 33.7. The van der Waals surface area contributed by atoms with Crippen LogP contribution in [0, 0.1) is 0 Å². The summed E-state index contributed by atoms with van der Waals surface area (Å²) in [5.41, 5.74) is -0.0497. The minimum absolute atomic E-state index is 0.111. The normalized spacial score (nSPS) is 21.1. The monoisotopic (exact) mass is 320 g/mol. The van der Waals surface area contributed by atoms with Gasteiger partial charge in [-0.05, 0) is 31.2 Å². The lowest BCUT2D eigenvalue weighted by atomic mass is 9.88. The van der Waals surface area contributed by atoms with E-state index in [1.54, 1.807) is 24.3 Å². The zero-order valence-electron chi connectivity index (χ0n) is 13.7. The van der Waals surface area contributed by atoms with Crippen LogP contribution in [0.25, 0.3) is 0 Å². The highest BCUT2D eigenvalue weighted by molar-refractivity contribution is 5.90.